The summed E-state index contributed by atoms with van der Waals surface area (Å²) in [4.78, 5) is 0. The lowest BCUT2D eigenvalue weighted by atomic mass is 9.89. The van der Waals surface area contributed by atoms with Gasteiger partial charge in [0.25, 0.3) is 0 Å². The van der Waals surface area contributed by atoms with E-state index < -0.39 is 0 Å². The average molecular weight is 268 g/mol. The third kappa shape index (κ3) is 5.29. The Balaban J connectivity index is 2.85. The van der Waals surface area contributed by atoms with Gasteiger partial charge in [0.2, 0.25) is 0 Å². The zero-order valence-electron chi connectivity index (χ0n) is 11.9. The van der Waals surface area contributed by atoms with Gasteiger partial charge in [-0.2, -0.15) is 0 Å². The monoisotopic (exact) mass is 268 g/mol. The maximum Gasteiger partial charge on any atom is 0.123 e. The van der Waals surface area contributed by atoms with Gasteiger partial charge in [-0.3, -0.25) is 0 Å². The molecule has 0 amide bonds. The zero-order valence-corrected chi connectivity index (χ0v) is 11.9. The van der Waals surface area contributed by atoms with Crippen molar-refractivity contribution in [2.45, 2.75) is 45.6 Å². The van der Waals surface area contributed by atoms with Crippen LogP contribution in [0, 0.1) is 11.7 Å². The second-order valence-electron chi connectivity index (χ2n) is 4.88. The van der Waals surface area contributed by atoms with E-state index in [4.69, 9.17) is 9.84 Å². The van der Waals surface area contributed by atoms with E-state index >= 15 is 0 Å². The number of hydrogen-bond acceptors (Lipinski definition) is 2. The maximum atomic E-state index is 13.4. The fraction of sp³-hybridized carbons (Fsp3) is 0.625. The predicted octanol–water partition coefficient (Wildman–Crippen LogP) is 4.09. The Bertz CT molecular complexity index is 354. The van der Waals surface area contributed by atoms with Gasteiger partial charge in [-0.1, -0.05) is 45.2 Å². The van der Waals surface area contributed by atoms with Gasteiger partial charge in [0, 0.05) is 0 Å². The lowest BCUT2D eigenvalue weighted by Gasteiger charge is -2.27. The summed E-state index contributed by atoms with van der Waals surface area (Å²) in [5, 5.41) is 8.95. The van der Waals surface area contributed by atoms with Gasteiger partial charge in [0.15, 0.2) is 0 Å². The van der Waals surface area contributed by atoms with E-state index in [-0.39, 0.29) is 18.5 Å². The molecule has 0 heterocycles. The highest BCUT2D eigenvalue weighted by Gasteiger charge is 2.22. The fourth-order valence-corrected chi connectivity index (χ4v) is 2.40. The Hall–Kier alpha value is -0.930. The first kappa shape index (κ1) is 16.1. The van der Waals surface area contributed by atoms with Gasteiger partial charge in [-0.25, -0.2) is 4.39 Å². The Morgan fingerprint density at radius 3 is 2.68 bits per heavy atom. The van der Waals surface area contributed by atoms with Gasteiger partial charge in [0.1, 0.15) is 5.82 Å². The van der Waals surface area contributed by atoms with Crippen LogP contribution < -0.4 is 0 Å². The van der Waals surface area contributed by atoms with Crippen LogP contribution in [-0.2, 0) is 4.74 Å². The molecule has 0 aliphatic heterocycles. The molecule has 0 bridgehead atoms. The first-order valence-electron chi connectivity index (χ1n) is 7.20. The van der Waals surface area contributed by atoms with Crippen LogP contribution in [0.3, 0.4) is 0 Å². The van der Waals surface area contributed by atoms with Crippen molar-refractivity contribution >= 4 is 0 Å². The number of benzene rings is 1. The van der Waals surface area contributed by atoms with Gasteiger partial charge in [0.05, 0.1) is 19.3 Å². The van der Waals surface area contributed by atoms with Crippen LogP contribution in [-0.4, -0.2) is 18.3 Å². The number of ether oxygens (including phenoxy) is 1. The molecular weight excluding hydrogens is 243 g/mol. The van der Waals surface area contributed by atoms with E-state index in [1.165, 1.54) is 12.1 Å². The predicted molar refractivity (Wildman–Crippen MR) is 75.5 cm³/mol. The molecule has 0 aromatic heterocycles. The van der Waals surface area contributed by atoms with Crippen LogP contribution in [0.5, 0.6) is 0 Å². The molecule has 1 aromatic carbocycles. The van der Waals surface area contributed by atoms with E-state index in [0.717, 1.165) is 31.2 Å². The van der Waals surface area contributed by atoms with Crippen molar-refractivity contribution < 1.29 is 14.2 Å². The van der Waals surface area contributed by atoms with Crippen molar-refractivity contribution in [2.24, 2.45) is 5.92 Å². The van der Waals surface area contributed by atoms with Crippen molar-refractivity contribution in [1.29, 1.82) is 0 Å². The van der Waals surface area contributed by atoms with E-state index in [1.807, 2.05) is 6.07 Å². The summed E-state index contributed by atoms with van der Waals surface area (Å²) in [6.45, 7) is 4.59. The normalized spacial score (nSPS) is 14.3. The summed E-state index contributed by atoms with van der Waals surface area (Å²) in [5.41, 5.74) is 0.872. The number of rotatable bonds is 9. The number of hydrogen-bond donors (Lipinski definition) is 1. The van der Waals surface area contributed by atoms with Crippen LogP contribution in [0.15, 0.2) is 24.3 Å². The molecule has 1 aromatic rings. The summed E-state index contributed by atoms with van der Waals surface area (Å²) >= 11 is 0. The Morgan fingerprint density at radius 2 is 2.11 bits per heavy atom. The highest BCUT2D eigenvalue weighted by molar-refractivity contribution is 5.19. The molecule has 2 nitrogen and oxygen atoms in total. The second kappa shape index (κ2) is 9.05. The summed E-state index contributed by atoms with van der Waals surface area (Å²) in [6.07, 6.45) is 4.23. The summed E-state index contributed by atoms with van der Waals surface area (Å²) < 4.78 is 19.1. The van der Waals surface area contributed by atoms with Gasteiger partial charge in [-0.05, 0) is 30.0 Å². The van der Waals surface area contributed by atoms with E-state index in [0.29, 0.717) is 12.5 Å². The number of halogens is 1. The summed E-state index contributed by atoms with van der Waals surface area (Å²) in [5.74, 6) is 0.133. The molecule has 1 N–H and O–H groups in total. The fourth-order valence-electron chi connectivity index (χ4n) is 2.40. The number of aliphatic hydroxyl groups is 1. The quantitative estimate of drug-likeness (QED) is 0.731. The molecule has 108 valence electrons. The maximum absolute atomic E-state index is 13.4. The van der Waals surface area contributed by atoms with Crippen molar-refractivity contribution in [1.82, 2.24) is 0 Å². The van der Waals surface area contributed by atoms with Crippen LogP contribution in [0.25, 0.3) is 0 Å². The van der Waals surface area contributed by atoms with E-state index in [9.17, 15) is 4.39 Å². The van der Waals surface area contributed by atoms with Crippen molar-refractivity contribution in [3.8, 4) is 0 Å². The molecule has 0 radical (unpaired) electrons. The van der Waals surface area contributed by atoms with Crippen molar-refractivity contribution in [3.05, 3.63) is 35.6 Å². The molecule has 3 heteroatoms. The Morgan fingerprint density at radius 1 is 1.32 bits per heavy atom. The van der Waals surface area contributed by atoms with Crippen molar-refractivity contribution in [2.75, 3.05) is 13.2 Å². The molecule has 0 unspecified atom stereocenters. The minimum atomic E-state index is -0.236. The summed E-state index contributed by atoms with van der Waals surface area (Å²) in [7, 11) is 0. The third-order valence-electron chi connectivity index (χ3n) is 3.45. The number of aliphatic hydroxyl groups excluding tert-OH is 1. The number of unbranched alkanes of at least 4 members (excludes halogenated alkanes) is 1. The lowest BCUT2D eigenvalue weighted by Crippen LogP contribution is -2.18. The highest BCUT2D eigenvalue weighted by Crippen LogP contribution is 2.32. The molecule has 19 heavy (non-hydrogen) atoms. The topological polar surface area (TPSA) is 29.5 Å². The smallest absolute Gasteiger partial charge is 0.123 e. The van der Waals surface area contributed by atoms with Gasteiger partial charge < -0.3 is 9.84 Å². The lowest BCUT2D eigenvalue weighted by molar-refractivity contribution is -0.0113. The molecular formula is C16H25FO2. The van der Waals surface area contributed by atoms with Crippen LogP contribution >= 0.6 is 0 Å². The molecule has 1 rings (SSSR count). The molecule has 0 saturated heterocycles. The molecule has 0 saturated carbocycles. The minimum absolute atomic E-state index is 0.00394. The summed E-state index contributed by atoms with van der Waals surface area (Å²) in [6, 6.07) is 6.60. The highest BCUT2D eigenvalue weighted by atomic mass is 19.1. The first-order valence-corrected chi connectivity index (χ1v) is 7.20. The molecule has 0 aliphatic rings. The molecule has 2 atom stereocenters. The standard InChI is InChI=1S/C16H25FO2/c1-3-5-7-13(4-2)16(19-11-10-18)14-8-6-9-15(17)12-14/h6,8-9,12-13,16,18H,3-5,7,10-11H2,1-2H3/t13-,16+/m0/s1. The Labute approximate surface area is 115 Å². The third-order valence-corrected chi connectivity index (χ3v) is 3.45. The van der Waals surface area contributed by atoms with E-state index in [2.05, 4.69) is 13.8 Å². The van der Waals surface area contributed by atoms with Gasteiger partial charge in [-0.15, -0.1) is 0 Å². The average Bonchev–Trinajstić information content (AvgIpc) is 2.42. The second-order valence-corrected chi connectivity index (χ2v) is 4.88. The molecule has 0 fully saturated rings. The van der Waals surface area contributed by atoms with Gasteiger partial charge >= 0.3 is 0 Å². The zero-order chi connectivity index (χ0) is 14.1. The van der Waals surface area contributed by atoms with Crippen LogP contribution in [0.4, 0.5) is 4.39 Å². The first-order chi connectivity index (χ1) is 9.22. The van der Waals surface area contributed by atoms with Crippen LogP contribution in [0.2, 0.25) is 0 Å². The van der Waals surface area contributed by atoms with E-state index in [1.54, 1.807) is 6.07 Å². The van der Waals surface area contributed by atoms with Crippen LogP contribution in [0.1, 0.15) is 51.2 Å². The minimum Gasteiger partial charge on any atom is -0.394 e. The largest absolute Gasteiger partial charge is 0.394 e. The van der Waals surface area contributed by atoms with Crippen molar-refractivity contribution in [3.63, 3.8) is 0 Å². The molecule has 0 aliphatic carbocycles. The Kier molecular flexibility index (Phi) is 7.68. The molecule has 0 spiro atoms. The SMILES string of the molecule is CCCC[C@H](CC)[C@@H](OCCO)c1cccc(F)c1.